The van der Waals surface area contributed by atoms with Crippen molar-refractivity contribution in [1.29, 1.82) is 0 Å². The Hall–Kier alpha value is -2.05. The van der Waals surface area contributed by atoms with Gasteiger partial charge < -0.3 is 27.2 Å². The molecule has 0 amide bonds. The summed E-state index contributed by atoms with van der Waals surface area (Å²) in [4.78, 5) is 11.4. The number of halogens is 1. The Kier molecular flexibility index (Phi) is 4.28. The van der Waals surface area contributed by atoms with Crippen LogP contribution in [0.15, 0.2) is 24.3 Å². The van der Waals surface area contributed by atoms with Crippen LogP contribution in [-0.2, 0) is 6.42 Å². The van der Waals surface area contributed by atoms with Crippen molar-refractivity contribution in [3.8, 4) is 11.5 Å². The van der Waals surface area contributed by atoms with Crippen molar-refractivity contribution < 1.29 is 21.9 Å². The van der Waals surface area contributed by atoms with E-state index in [9.17, 15) is 0 Å². The molecule has 0 fully saturated rings. The second-order valence-corrected chi connectivity index (χ2v) is 6.21. The second-order valence-electron chi connectivity index (χ2n) is 5.10. The minimum Gasteiger partial charge on any atom is -1.00 e. The van der Waals surface area contributed by atoms with Crippen molar-refractivity contribution in [1.82, 2.24) is 9.97 Å². The molecule has 5 nitrogen and oxygen atoms in total. The zero-order valence-corrected chi connectivity index (χ0v) is 14.3. The third-order valence-corrected chi connectivity index (χ3v) is 4.71. The smallest absolute Gasteiger partial charge is 0.231 e. The molecule has 4 rings (SSSR count). The molecule has 1 aliphatic heterocycles. The van der Waals surface area contributed by atoms with Crippen LogP contribution in [0.5, 0.6) is 11.5 Å². The summed E-state index contributed by atoms with van der Waals surface area (Å²) in [7, 11) is 0. The van der Waals surface area contributed by atoms with Crippen LogP contribution in [0.2, 0.25) is 0 Å². The second kappa shape index (κ2) is 6.22. The van der Waals surface area contributed by atoms with E-state index in [0.717, 1.165) is 45.5 Å². The Balaban J connectivity index is 0.00000156. The van der Waals surface area contributed by atoms with Gasteiger partial charge in [-0.2, -0.15) is 0 Å². The fourth-order valence-corrected chi connectivity index (χ4v) is 3.47. The molecule has 0 saturated carbocycles. The van der Waals surface area contributed by atoms with Gasteiger partial charge in [0.1, 0.15) is 16.5 Å². The highest BCUT2D eigenvalue weighted by Gasteiger charge is 2.15. The monoisotopic (exact) mass is 348 g/mol. The van der Waals surface area contributed by atoms with Gasteiger partial charge in [0.25, 0.3) is 0 Å². The number of aromatic nitrogens is 2. The number of fused-ring (bicyclic) bond motifs is 2. The first-order valence-corrected chi connectivity index (χ1v) is 7.98. The summed E-state index contributed by atoms with van der Waals surface area (Å²) in [6, 6.07) is 7.96. The lowest BCUT2D eigenvalue weighted by atomic mass is 10.2. The highest BCUT2D eigenvalue weighted by molar-refractivity contribution is 7.18. The quantitative estimate of drug-likeness (QED) is 0.766. The summed E-state index contributed by atoms with van der Waals surface area (Å²) >= 11 is 1.72. The van der Waals surface area contributed by atoms with Crippen molar-refractivity contribution in [3.05, 3.63) is 35.0 Å². The van der Waals surface area contributed by atoms with Gasteiger partial charge in [0.05, 0.1) is 5.39 Å². The Morgan fingerprint density at radius 3 is 2.83 bits per heavy atom. The summed E-state index contributed by atoms with van der Waals surface area (Å²) < 4.78 is 10.8. The Morgan fingerprint density at radius 2 is 2.00 bits per heavy atom. The number of nitrogens with one attached hydrogen (secondary N) is 1. The largest absolute Gasteiger partial charge is 1.00 e. The third kappa shape index (κ3) is 2.92. The number of benzene rings is 1. The number of anilines is 2. The molecular formula is C16H15ClN3O2S-. The molecule has 1 aromatic carbocycles. The molecule has 0 radical (unpaired) electrons. The molecule has 0 saturated heterocycles. The van der Waals surface area contributed by atoms with Crippen molar-refractivity contribution in [3.63, 3.8) is 0 Å². The lowest BCUT2D eigenvalue weighted by molar-refractivity contribution is -0.00000614. The lowest BCUT2D eigenvalue weighted by Gasteiger charge is -2.08. The molecule has 3 heterocycles. The molecule has 0 spiro atoms. The van der Waals surface area contributed by atoms with E-state index in [1.54, 1.807) is 11.3 Å². The van der Waals surface area contributed by atoms with E-state index in [1.165, 1.54) is 4.88 Å². The summed E-state index contributed by atoms with van der Waals surface area (Å²) in [6.45, 7) is 4.34. The van der Waals surface area contributed by atoms with Crippen LogP contribution in [0.1, 0.15) is 17.6 Å². The van der Waals surface area contributed by atoms with Crippen LogP contribution in [-0.4, -0.2) is 16.8 Å². The maximum atomic E-state index is 5.42. The first-order valence-electron chi connectivity index (χ1n) is 7.16. The van der Waals surface area contributed by atoms with E-state index in [1.807, 2.05) is 25.1 Å². The van der Waals surface area contributed by atoms with Crippen LogP contribution in [0, 0.1) is 6.92 Å². The number of nitrogens with zero attached hydrogens (tertiary/aromatic N) is 2. The maximum Gasteiger partial charge on any atom is 0.231 e. The molecule has 3 aromatic rings. The van der Waals surface area contributed by atoms with Crippen LogP contribution < -0.4 is 27.2 Å². The van der Waals surface area contributed by atoms with Gasteiger partial charge >= 0.3 is 0 Å². The molecule has 0 bridgehead atoms. The molecule has 1 N–H and O–H groups in total. The number of hydrogen-bond donors (Lipinski definition) is 1. The number of ether oxygens (including phenoxy) is 2. The summed E-state index contributed by atoms with van der Waals surface area (Å²) in [6.07, 6.45) is 1.00. The van der Waals surface area contributed by atoms with Crippen LogP contribution in [0.4, 0.5) is 11.5 Å². The van der Waals surface area contributed by atoms with Gasteiger partial charge in [-0.15, -0.1) is 11.3 Å². The zero-order chi connectivity index (χ0) is 15.1. The van der Waals surface area contributed by atoms with E-state index >= 15 is 0 Å². The van der Waals surface area contributed by atoms with Crippen molar-refractivity contribution in [2.24, 2.45) is 0 Å². The van der Waals surface area contributed by atoms with E-state index in [2.05, 4.69) is 28.3 Å². The summed E-state index contributed by atoms with van der Waals surface area (Å²) in [5, 5.41) is 4.44. The molecule has 120 valence electrons. The van der Waals surface area contributed by atoms with Crippen molar-refractivity contribution in [2.75, 3.05) is 12.1 Å². The minimum atomic E-state index is 0. The van der Waals surface area contributed by atoms with Gasteiger partial charge in [-0.1, -0.05) is 6.92 Å². The first-order chi connectivity index (χ1) is 10.7. The molecular weight excluding hydrogens is 334 g/mol. The minimum absolute atomic E-state index is 0. The summed E-state index contributed by atoms with van der Waals surface area (Å²) in [5.74, 6) is 3.13. The van der Waals surface area contributed by atoms with Crippen LogP contribution in [0.25, 0.3) is 10.2 Å². The van der Waals surface area contributed by atoms with Gasteiger partial charge in [-0.3, -0.25) is 0 Å². The Labute approximate surface area is 144 Å². The predicted molar refractivity (Wildman–Crippen MR) is 87.4 cm³/mol. The van der Waals surface area contributed by atoms with E-state index in [4.69, 9.17) is 9.47 Å². The predicted octanol–water partition coefficient (Wildman–Crippen LogP) is 1.04. The average Bonchev–Trinajstić information content (AvgIpc) is 3.12. The van der Waals surface area contributed by atoms with Crippen LogP contribution >= 0.6 is 11.3 Å². The SMILES string of the molecule is CCc1cc2c(Nc3ccc4c(c3)OCO4)nc(C)nc2s1.[Cl-]. The van der Waals surface area contributed by atoms with Gasteiger partial charge in [-0.05, 0) is 31.5 Å². The van der Waals surface area contributed by atoms with Gasteiger partial charge in [0.2, 0.25) is 6.79 Å². The van der Waals surface area contributed by atoms with E-state index < -0.39 is 0 Å². The van der Waals surface area contributed by atoms with Crippen molar-refractivity contribution in [2.45, 2.75) is 20.3 Å². The topological polar surface area (TPSA) is 56.3 Å². The summed E-state index contributed by atoms with van der Waals surface area (Å²) in [5.41, 5.74) is 0.924. The lowest BCUT2D eigenvalue weighted by Crippen LogP contribution is -3.00. The van der Waals surface area contributed by atoms with Crippen molar-refractivity contribution >= 4 is 33.1 Å². The standard InChI is InChI=1S/C16H15N3O2S.ClH/c1-3-11-7-12-15(17-9(2)18-16(12)22-11)19-10-4-5-13-14(6-10)21-8-20-13;/h4-7H,3,8H2,1-2H3,(H,17,18,19);1H/p-1. The fraction of sp³-hybridized carbons (Fsp3) is 0.250. The zero-order valence-electron chi connectivity index (χ0n) is 12.7. The van der Waals surface area contributed by atoms with Gasteiger partial charge in [0, 0.05) is 16.6 Å². The Bertz CT molecular complexity index is 866. The highest BCUT2D eigenvalue weighted by Crippen LogP contribution is 2.36. The molecule has 0 unspecified atom stereocenters. The number of rotatable bonds is 3. The molecule has 1 aliphatic rings. The van der Waals surface area contributed by atoms with E-state index in [-0.39, 0.29) is 19.2 Å². The highest BCUT2D eigenvalue weighted by atomic mass is 35.5. The number of aryl methyl sites for hydroxylation is 2. The third-order valence-electron chi connectivity index (χ3n) is 3.54. The number of thiophene rings is 1. The van der Waals surface area contributed by atoms with Crippen LogP contribution in [0.3, 0.4) is 0 Å². The first kappa shape index (κ1) is 15.8. The molecule has 0 aliphatic carbocycles. The molecule has 2 aromatic heterocycles. The molecule has 23 heavy (non-hydrogen) atoms. The normalized spacial score (nSPS) is 12.3. The molecule has 7 heteroatoms. The van der Waals surface area contributed by atoms with E-state index in [0.29, 0.717) is 0 Å². The maximum absolute atomic E-state index is 5.42. The fourth-order valence-electron chi connectivity index (χ4n) is 2.46. The molecule has 0 atom stereocenters. The number of hydrogen-bond acceptors (Lipinski definition) is 6. The van der Waals surface area contributed by atoms with Gasteiger partial charge in [-0.25, -0.2) is 9.97 Å². The Morgan fingerprint density at radius 1 is 1.17 bits per heavy atom. The van der Waals surface area contributed by atoms with Gasteiger partial charge in [0.15, 0.2) is 11.5 Å². The average molecular weight is 349 g/mol.